The Morgan fingerprint density at radius 1 is 1.22 bits per heavy atom. The highest BCUT2D eigenvalue weighted by Crippen LogP contribution is 2.26. The Labute approximate surface area is 107 Å². The molecule has 2 rings (SSSR count). The molecule has 0 aliphatic heterocycles. The normalized spacial score (nSPS) is 10.6. The molecule has 96 valence electrons. The summed E-state index contributed by atoms with van der Waals surface area (Å²) in [5.41, 5.74) is 8.85. The van der Waals surface area contributed by atoms with Gasteiger partial charge in [0.25, 0.3) is 0 Å². The molecule has 0 saturated carbocycles. The summed E-state index contributed by atoms with van der Waals surface area (Å²) in [6.45, 7) is 2.00. The Bertz CT molecular complexity index is 539. The maximum absolute atomic E-state index is 5.97. The molecule has 0 amide bonds. The summed E-state index contributed by atoms with van der Waals surface area (Å²) in [5, 5.41) is 0. The molecule has 1 heterocycles. The van der Waals surface area contributed by atoms with E-state index in [-0.39, 0.29) is 0 Å². The highest BCUT2D eigenvalue weighted by atomic mass is 15.4. The average Bonchev–Trinajstić information content (AvgIpc) is 2.66. The fourth-order valence-corrected chi connectivity index (χ4v) is 1.87. The molecule has 0 aliphatic carbocycles. The third-order valence-corrected chi connectivity index (χ3v) is 2.99. The van der Waals surface area contributed by atoms with E-state index in [0.29, 0.717) is 5.82 Å². The topological polar surface area (TPSA) is 73.1 Å². The molecular weight excluding hydrogens is 226 g/mol. The van der Waals surface area contributed by atoms with Crippen molar-refractivity contribution in [1.82, 2.24) is 9.66 Å². The molecule has 2 aromatic rings. The number of anilines is 2. The molecule has 0 bridgehead atoms. The number of nitrogen functional groups attached to an aromatic ring is 2. The standard InChI is InChI=1S/C13H19N5/c1-4-11-16-12(13(14)18(11)15)9-5-7-10(8-6-9)17(2)3/h5-8H,4,14-15H2,1-3H3. The van der Waals surface area contributed by atoms with E-state index in [9.17, 15) is 0 Å². The molecule has 18 heavy (non-hydrogen) atoms. The van der Waals surface area contributed by atoms with Crippen LogP contribution in [0.1, 0.15) is 12.7 Å². The summed E-state index contributed by atoms with van der Waals surface area (Å²) in [6, 6.07) is 8.09. The first kappa shape index (κ1) is 12.3. The minimum atomic E-state index is 0.504. The molecule has 0 aliphatic rings. The van der Waals surface area contributed by atoms with E-state index in [2.05, 4.69) is 4.98 Å². The third-order valence-electron chi connectivity index (χ3n) is 2.99. The van der Waals surface area contributed by atoms with Crippen molar-refractivity contribution in [3.63, 3.8) is 0 Å². The van der Waals surface area contributed by atoms with Crippen molar-refractivity contribution in [3.8, 4) is 11.3 Å². The van der Waals surface area contributed by atoms with Crippen LogP contribution in [0.5, 0.6) is 0 Å². The second-order valence-electron chi connectivity index (χ2n) is 4.43. The maximum atomic E-state index is 5.97. The molecule has 0 fully saturated rings. The van der Waals surface area contributed by atoms with Gasteiger partial charge in [-0.05, 0) is 12.1 Å². The van der Waals surface area contributed by atoms with E-state index in [4.69, 9.17) is 11.6 Å². The number of aryl methyl sites for hydroxylation is 1. The second-order valence-corrected chi connectivity index (χ2v) is 4.43. The minimum Gasteiger partial charge on any atom is -0.382 e. The monoisotopic (exact) mass is 245 g/mol. The highest BCUT2D eigenvalue weighted by molar-refractivity contribution is 5.72. The average molecular weight is 245 g/mol. The van der Waals surface area contributed by atoms with Gasteiger partial charge >= 0.3 is 0 Å². The fourth-order valence-electron chi connectivity index (χ4n) is 1.87. The van der Waals surface area contributed by atoms with Crippen LogP contribution in [0.3, 0.4) is 0 Å². The van der Waals surface area contributed by atoms with Crippen LogP contribution in [0.25, 0.3) is 11.3 Å². The number of aromatic nitrogens is 2. The van der Waals surface area contributed by atoms with E-state index in [1.807, 2.05) is 50.2 Å². The van der Waals surface area contributed by atoms with E-state index in [1.54, 1.807) is 0 Å². The van der Waals surface area contributed by atoms with Crippen molar-refractivity contribution in [2.24, 2.45) is 0 Å². The smallest absolute Gasteiger partial charge is 0.150 e. The van der Waals surface area contributed by atoms with E-state index in [0.717, 1.165) is 29.2 Å². The number of rotatable bonds is 3. The van der Waals surface area contributed by atoms with Gasteiger partial charge < -0.3 is 16.5 Å². The van der Waals surface area contributed by atoms with Gasteiger partial charge in [0.2, 0.25) is 0 Å². The zero-order valence-electron chi connectivity index (χ0n) is 11.0. The Morgan fingerprint density at radius 3 is 2.28 bits per heavy atom. The second kappa shape index (κ2) is 4.60. The van der Waals surface area contributed by atoms with Crippen LogP contribution in [0, 0.1) is 0 Å². The van der Waals surface area contributed by atoms with Gasteiger partial charge in [0.1, 0.15) is 11.5 Å². The number of imidazole rings is 1. The molecule has 0 saturated heterocycles. The summed E-state index contributed by atoms with van der Waals surface area (Å²) in [6.07, 6.45) is 0.760. The van der Waals surface area contributed by atoms with Crippen molar-refractivity contribution < 1.29 is 0 Å². The Morgan fingerprint density at radius 2 is 1.83 bits per heavy atom. The van der Waals surface area contributed by atoms with Crippen LogP contribution in [-0.4, -0.2) is 23.8 Å². The first-order chi connectivity index (χ1) is 8.54. The lowest BCUT2D eigenvalue weighted by Crippen LogP contribution is -2.14. The summed E-state index contributed by atoms with van der Waals surface area (Å²) in [7, 11) is 4.01. The van der Waals surface area contributed by atoms with Crippen molar-refractivity contribution >= 4 is 11.5 Å². The lowest BCUT2D eigenvalue weighted by atomic mass is 10.1. The highest BCUT2D eigenvalue weighted by Gasteiger charge is 2.13. The quantitative estimate of drug-likeness (QED) is 0.803. The molecule has 1 aromatic carbocycles. The van der Waals surface area contributed by atoms with E-state index >= 15 is 0 Å². The maximum Gasteiger partial charge on any atom is 0.150 e. The minimum absolute atomic E-state index is 0.504. The van der Waals surface area contributed by atoms with Gasteiger partial charge in [-0.15, -0.1) is 0 Å². The van der Waals surface area contributed by atoms with Crippen molar-refractivity contribution in [1.29, 1.82) is 0 Å². The Hall–Kier alpha value is -2.17. The Balaban J connectivity index is 2.42. The van der Waals surface area contributed by atoms with Crippen LogP contribution < -0.4 is 16.5 Å². The molecular formula is C13H19N5. The van der Waals surface area contributed by atoms with Gasteiger partial charge in [-0.1, -0.05) is 19.1 Å². The lowest BCUT2D eigenvalue weighted by Gasteiger charge is -2.12. The summed E-state index contributed by atoms with van der Waals surface area (Å²) < 4.78 is 1.45. The molecule has 4 N–H and O–H groups in total. The fraction of sp³-hybridized carbons (Fsp3) is 0.308. The van der Waals surface area contributed by atoms with Gasteiger partial charge in [-0.25, -0.2) is 9.66 Å². The number of hydrogen-bond donors (Lipinski definition) is 2. The van der Waals surface area contributed by atoms with Crippen LogP contribution in [0.2, 0.25) is 0 Å². The van der Waals surface area contributed by atoms with Crippen LogP contribution >= 0.6 is 0 Å². The molecule has 1 aromatic heterocycles. The predicted octanol–water partition coefficient (Wildman–Crippen LogP) is 1.47. The molecule has 0 atom stereocenters. The summed E-state index contributed by atoms with van der Waals surface area (Å²) in [5.74, 6) is 7.15. The molecule has 5 heteroatoms. The first-order valence-electron chi connectivity index (χ1n) is 5.94. The summed E-state index contributed by atoms with van der Waals surface area (Å²) >= 11 is 0. The SMILES string of the molecule is CCc1nc(-c2ccc(N(C)C)cc2)c(N)n1N. The van der Waals surface area contributed by atoms with E-state index in [1.165, 1.54) is 4.68 Å². The number of nitrogens with two attached hydrogens (primary N) is 2. The Kier molecular flexibility index (Phi) is 3.14. The van der Waals surface area contributed by atoms with Crippen LogP contribution in [0.15, 0.2) is 24.3 Å². The number of benzene rings is 1. The van der Waals surface area contributed by atoms with Gasteiger partial charge in [-0.3, -0.25) is 0 Å². The largest absolute Gasteiger partial charge is 0.382 e. The van der Waals surface area contributed by atoms with Crippen LogP contribution in [-0.2, 0) is 6.42 Å². The molecule has 5 nitrogen and oxygen atoms in total. The van der Waals surface area contributed by atoms with Gasteiger partial charge in [0.05, 0.1) is 0 Å². The first-order valence-corrected chi connectivity index (χ1v) is 5.94. The van der Waals surface area contributed by atoms with Crippen molar-refractivity contribution in [2.75, 3.05) is 30.6 Å². The van der Waals surface area contributed by atoms with Gasteiger partial charge in [0.15, 0.2) is 5.82 Å². The predicted molar refractivity (Wildman–Crippen MR) is 75.9 cm³/mol. The zero-order valence-corrected chi connectivity index (χ0v) is 11.0. The van der Waals surface area contributed by atoms with Crippen LogP contribution in [0.4, 0.5) is 11.5 Å². The van der Waals surface area contributed by atoms with Crippen molar-refractivity contribution in [2.45, 2.75) is 13.3 Å². The number of hydrogen-bond acceptors (Lipinski definition) is 4. The third kappa shape index (κ3) is 1.99. The molecule has 0 radical (unpaired) electrons. The van der Waals surface area contributed by atoms with Crippen molar-refractivity contribution in [3.05, 3.63) is 30.1 Å². The molecule has 0 unspecified atom stereocenters. The number of nitrogens with zero attached hydrogens (tertiary/aromatic N) is 3. The van der Waals surface area contributed by atoms with Gasteiger partial charge in [0, 0.05) is 31.8 Å². The zero-order chi connectivity index (χ0) is 13.3. The lowest BCUT2D eigenvalue weighted by molar-refractivity contribution is 0.865. The van der Waals surface area contributed by atoms with Gasteiger partial charge in [-0.2, -0.15) is 0 Å². The molecule has 0 spiro atoms. The van der Waals surface area contributed by atoms with E-state index < -0.39 is 0 Å². The summed E-state index contributed by atoms with van der Waals surface area (Å²) in [4.78, 5) is 6.52.